The van der Waals surface area contributed by atoms with Crippen LogP contribution < -0.4 is 0 Å². The molecule has 0 aliphatic rings. The molecule has 3 nitrogen and oxygen atoms in total. The highest BCUT2D eigenvalue weighted by atomic mass is 35.5. The van der Waals surface area contributed by atoms with E-state index in [9.17, 15) is 26.7 Å². The maximum atomic E-state index is 12.4. The second kappa shape index (κ2) is 4.44. The molecule has 0 fully saturated rings. The monoisotopic (exact) mass is 275 g/mol. The molecule has 0 aromatic carbocycles. The van der Waals surface area contributed by atoms with E-state index in [1.54, 1.807) is 0 Å². The van der Waals surface area contributed by atoms with Gasteiger partial charge in [-0.2, -0.15) is 13.2 Å². The number of aromatic nitrogens is 1. The number of hydrogen-bond donors (Lipinski definition) is 1. The highest BCUT2D eigenvalue weighted by Gasteiger charge is 2.37. The lowest BCUT2D eigenvalue weighted by atomic mass is 10.1. The van der Waals surface area contributed by atoms with E-state index < -0.39 is 40.5 Å². The van der Waals surface area contributed by atoms with Crippen LogP contribution in [-0.4, -0.2) is 16.1 Å². The Kier molecular flexibility index (Phi) is 3.56. The molecule has 1 heterocycles. The molecule has 9 heteroatoms. The smallest absolute Gasteiger partial charge is 0.417 e. The Morgan fingerprint density at radius 3 is 2.29 bits per heavy atom. The van der Waals surface area contributed by atoms with Crippen molar-refractivity contribution >= 4 is 17.6 Å². The summed E-state index contributed by atoms with van der Waals surface area (Å²) < 4.78 is 61.6. The summed E-state index contributed by atoms with van der Waals surface area (Å²) in [5, 5.41) is 7.29. The fourth-order valence-electron chi connectivity index (χ4n) is 1.01. The summed E-state index contributed by atoms with van der Waals surface area (Å²) in [6, 6.07) is 0.0272. The molecule has 1 aromatic rings. The van der Waals surface area contributed by atoms with Crippen molar-refractivity contribution in [2.24, 2.45) is 0 Å². The van der Waals surface area contributed by atoms with Gasteiger partial charge in [0.1, 0.15) is 5.69 Å². The van der Waals surface area contributed by atoms with E-state index in [0.717, 1.165) is 0 Å². The van der Waals surface area contributed by atoms with Crippen molar-refractivity contribution in [2.75, 3.05) is 0 Å². The largest absolute Gasteiger partial charge is 0.476 e. The van der Waals surface area contributed by atoms with Crippen LogP contribution in [0.2, 0.25) is 5.02 Å². The molecule has 0 aliphatic heterocycles. The number of halogens is 6. The highest BCUT2D eigenvalue weighted by Crippen LogP contribution is 2.37. The van der Waals surface area contributed by atoms with Gasteiger partial charge in [-0.25, -0.2) is 18.6 Å². The summed E-state index contributed by atoms with van der Waals surface area (Å²) in [6.07, 6.45) is -8.36. The van der Waals surface area contributed by atoms with Crippen LogP contribution in [0.25, 0.3) is 0 Å². The van der Waals surface area contributed by atoms with Crippen molar-refractivity contribution in [3.05, 3.63) is 28.0 Å². The number of hydrogen-bond acceptors (Lipinski definition) is 2. The number of nitrogens with zero attached hydrogens (tertiary/aromatic N) is 1. The Labute approximate surface area is 95.8 Å². The Morgan fingerprint density at radius 1 is 1.41 bits per heavy atom. The molecule has 1 aromatic heterocycles. The standard InChI is InChI=1S/C8H3ClF5NO2/c9-4-2(8(12,13)14)1-3(6(10)11)15-5(4)7(16)17/h1,6H,(H,16,17). The number of carbonyl (C=O) groups is 1. The van der Waals surface area contributed by atoms with Crippen LogP contribution in [-0.2, 0) is 6.18 Å². The van der Waals surface area contributed by atoms with Gasteiger partial charge < -0.3 is 5.11 Å². The zero-order valence-corrected chi connectivity index (χ0v) is 8.48. The first-order valence-corrected chi connectivity index (χ1v) is 4.31. The molecule has 1 rings (SSSR count). The summed E-state index contributed by atoms with van der Waals surface area (Å²) >= 11 is 5.16. The average molecular weight is 276 g/mol. The third-order valence-corrected chi connectivity index (χ3v) is 2.09. The minimum atomic E-state index is -5.03. The van der Waals surface area contributed by atoms with Gasteiger partial charge in [0.2, 0.25) is 0 Å². The molecule has 0 amide bonds. The molecule has 94 valence electrons. The molecule has 0 saturated carbocycles. The van der Waals surface area contributed by atoms with Gasteiger partial charge in [0.25, 0.3) is 6.43 Å². The lowest BCUT2D eigenvalue weighted by Crippen LogP contribution is -2.13. The topological polar surface area (TPSA) is 50.2 Å². The molecule has 0 atom stereocenters. The molecule has 0 radical (unpaired) electrons. The molecule has 0 aliphatic carbocycles. The van der Waals surface area contributed by atoms with Crippen LogP contribution in [0.4, 0.5) is 22.0 Å². The maximum Gasteiger partial charge on any atom is 0.417 e. The molecule has 17 heavy (non-hydrogen) atoms. The van der Waals surface area contributed by atoms with Crippen molar-refractivity contribution in [3.63, 3.8) is 0 Å². The van der Waals surface area contributed by atoms with E-state index in [4.69, 9.17) is 16.7 Å². The average Bonchev–Trinajstić information content (AvgIpc) is 2.15. The van der Waals surface area contributed by atoms with Gasteiger partial charge in [-0.15, -0.1) is 0 Å². The number of pyridine rings is 1. The van der Waals surface area contributed by atoms with Crippen LogP contribution in [0.15, 0.2) is 6.07 Å². The van der Waals surface area contributed by atoms with Gasteiger partial charge in [0, 0.05) is 0 Å². The fourth-order valence-corrected chi connectivity index (χ4v) is 1.29. The quantitative estimate of drug-likeness (QED) is 0.842. The molecular weight excluding hydrogens is 273 g/mol. The summed E-state index contributed by atoms with van der Waals surface area (Å²) in [7, 11) is 0. The molecular formula is C8H3ClF5NO2. The van der Waals surface area contributed by atoms with Crippen LogP contribution in [0.1, 0.15) is 28.2 Å². The third-order valence-electron chi connectivity index (χ3n) is 1.71. The van der Waals surface area contributed by atoms with E-state index in [0.29, 0.717) is 0 Å². The third kappa shape index (κ3) is 2.82. The van der Waals surface area contributed by atoms with E-state index in [-0.39, 0.29) is 6.07 Å². The van der Waals surface area contributed by atoms with Crippen molar-refractivity contribution in [1.82, 2.24) is 4.98 Å². The molecule has 0 unspecified atom stereocenters. The zero-order chi connectivity index (χ0) is 13.4. The first-order chi connectivity index (χ1) is 7.64. The van der Waals surface area contributed by atoms with Gasteiger partial charge in [0.05, 0.1) is 10.6 Å². The number of carboxylic acids is 1. The Balaban J connectivity index is 3.55. The minimum Gasteiger partial charge on any atom is -0.476 e. The Morgan fingerprint density at radius 2 is 1.94 bits per heavy atom. The predicted molar refractivity (Wildman–Crippen MR) is 46.2 cm³/mol. The van der Waals surface area contributed by atoms with Crippen LogP contribution in [0, 0.1) is 0 Å². The normalized spacial score (nSPS) is 11.9. The van der Waals surface area contributed by atoms with Crippen molar-refractivity contribution in [1.29, 1.82) is 0 Å². The molecule has 0 saturated heterocycles. The fraction of sp³-hybridized carbons (Fsp3) is 0.250. The van der Waals surface area contributed by atoms with E-state index in [1.165, 1.54) is 0 Å². The van der Waals surface area contributed by atoms with Gasteiger partial charge in [-0.05, 0) is 6.07 Å². The van der Waals surface area contributed by atoms with Crippen molar-refractivity contribution in [3.8, 4) is 0 Å². The predicted octanol–water partition coefficient (Wildman–Crippen LogP) is 3.39. The first kappa shape index (κ1) is 13.6. The van der Waals surface area contributed by atoms with E-state index in [1.807, 2.05) is 0 Å². The van der Waals surface area contributed by atoms with Gasteiger partial charge >= 0.3 is 12.1 Å². The molecule has 0 bridgehead atoms. The van der Waals surface area contributed by atoms with E-state index in [2.05, 4.69) is 4.98 Å². The summed E-state index contributed by atoms with van der Waals surface area (Å²) in [5.41, 5.74) is -4.20. The van der Waals surface area contributed by atoms with Gasteiger partial charge in [-0.3, -0.25) is 0 Å². The Bertz CT molecular complexity index is 460. The summed E-state index contributed by atoms with van der Waals surface area (Å²) in [5.74, 6) is -1.91. The second-order valence-corrected chi connectivity index (χ2v) is 3.24. The minimum absolute atomic E-state index is 0.0272. The van der Waals surface area contributed by atoms with Crippen molar-refractivity contribution < 1.29 is 31.9 Å². The zero-order valence-electron chi connectivity index (χ0n) is 7.73. The summed E-state index contributed by atoms with van der Waals surface area (Å²) in [6.45, 7) is 0. The number of carboxylic acid groups (broad SMARTS) is 1. The van der Waals surface area contributed by atoms with E-state index >= 15 is 0 Å². The maximum absolute atomic E-state index is 12.4. The van der Waals surface area contributed by atoms with Crippen LogP contribution in [0.5, 0.6) is 0 Å². The summed E-state index contributed by atoms with van der Waals surface area (Å²) in [4.78, 5) is 13.4. The Hall–Kier alpha value is -1.44. The van der Waals surface area contributed by atoms with Crippen molar-refractivity contribution in [2.45, 2.75) is 12.6 Å². The van der Waals surface area contributed by atoms with Gasteiger partial charge in [0.15, 0.2) is 5.69 Å². The number of rotatable bonds is 2. The number of alkyl halides is 5. The molecule has 0 spiro atoms. The van der Waals surface area contributed by atoms with Gasteiger partial charge in [-0.1, -0.05) is 11.6 Å². The van der Waals surface area contributed by atoms with Crippen LogP contribution >= 0.6 is 11.6 Å². The van der Waals surface area contributed by atoms with Crippen LogP contribution in [0.3, 0.4) is 0 Å². The number of aromatic carboxylic acids is 1. The molecule has 1 N–H and O–H groups in total. The second-order valence-electron chi connectivity index (χ2n) is 2.86. The lowest BCUT2D eigenvalue weighted by molar-refractivity contribution is -0.137. The first-order valence-electron chi connectivity index (χ1n) is 3.93. The lowest BCUT2D eigenvalue weighted by Gasteiger charge is -2.12. The highest BCUT2D eigenvalue weighted by molar-refractivity contribution is 6.34. The SMILES string of the molecule is O=C(O)c1nc(C(F)F)cc(C(F)(F)F)c1Cl.